The van der Waals surface area contributed by atoms with Gasteiger partial charge in [0.2, 0.25) is 0 Å². The molecule has 14 heteroatoms. The minimum absolute atomic E-state index is 0.00791. The van der Waals surface area contributed by atoms with E-state index in [2.05, 4.69) is 4.98 Å². The first-order valence-electron chi connectivity index (χ1n) is 11.5. The number of carbonyl (C=O) groups is 4. The number of non-ortho nitro benzene ring substituents is 1. The maximum absolute atomic E-state index is 12.0. The van der Waals surface area contributed by atoms with Crippen LogP contribution in [-0.4, -0.2) is 98.2 Å². The Morgan fingerprint density at radius 2 is 1.13 bits per heavy atom. The SMILES string of the molecule is COC(=O)CN(CC(=O)OC)Cc1cc(-c2cccc([N+](=O)[O-])c2)cc(CN(CC(=O)OC)CC(=O)OC)n1. The first-order chi connectivity index (χ1) is 18.6. The maximum Gasteiger partial charge on any atom is 0.319 e. The third-order valence-electron chi connectivity index (χ3n) is 5.41. The minimum atomic E-state index is -0.587. The molecule has 1 heterocycles. The van der Waals surface area contributed by atoms with Crippen molar-refractivity contribution in [2.24, 2.45) is 0 Å². The molecular formula is C25H30N4O10. The summed E-state index contributed by atoms with van der Waals surface area (Å²) in [6.07, 6.45) is 0. The van der Waals surface area contributed by atoms with E-state index in [1.54, 1.807) is 18.2 Å². The fourth-order valence-corrected chi connectivity index (χ4v) is 3.56. The molecule has 14 nitrogen and oxygen atoms in total. The number of nitro benzene ring substituents is 1. The second kappa shape index (κ2) is 15.1. The van der Waals surface area contributed by atoms with Crippen LogP contribution in [-0.2, 0) is 51.2 Å². The number of pyridine rings is 1. The molecule has 2 aromatic rings. The first kappa shape index (κ1) is 30.8. The average molecular weight is 547 g/mol. The highest BCUT2D eigenvalue weighted by atomic mass is 16.6. The number of nitrogens with zero attached hydrogens (tertiary/aromatic N) is 4. The Bertz CT molecular complexity index is 1110. The Hall–Kier alpha value is -4.43. The smallest absolute Gasteiger partial charge is 0.319 e. The number of methoxy groups -OCH3 is 4. The highest BCUT2D eigenvalue weighted by molar-refractivity contribution is 5.75. The second-order valence-corrected chi connectivity index (χ2v) is 8.24. The Balaban J connectivity index is 2.54. The van der Waals surface area contributed by atoms with E-state index in [-0.39, 0.29) is 45.0 Å². The monoisotopic (exact) mass is 546 g/mol. The van der Waals surface area contributed by atoms with Gasteiger partial charge in [0.25, 0.3) is 5.69 Å². The fraction of sp³-hybridized carbons (Fsp3) is 0.400. The van der Waals surface area contributed by atoms with Crippen LogP contribution in [0.4, 0.5) is 5.69 Å². The van der Waals surface area contributed by atoms with Crippen LogP contribution in [0, 0.1) is 10.1 Å². The zero-order valence-corrected chi connectivity index (χ0v) is 22.1. The fourth-order valence-electron chi connectivity index (χ4n) is 3.56. The molecule has 0 saturated carbocycles. The van der Waals surface area contributed by atoms with Crippen molar-refractivity contribution in [3.63, 3.8) is 0 Å². The lowest BCUT2D eigenvalue weighted by Gasteiger charge is -2.22. The molecule has 0 radical (unpaired) electrons. The number of aromatic nitrogens is 1. The van der Waals surface area contributed by atoms with Crippen LogP contribution in [0.3, 0.4) is 0 Å². The molecular weight excluding hydrogens is 516 g/mol. The summed E-state index contributed by atoms with van der Waals surface area (Å²) >= 11 is 0. The number of benzene rings is 1. The van der Waals surface area contributed by atoms with Crippen LogP contribution < -0.4 is 0 Å². The van der Waals surface area contributed by atoms with E-state index in [4.69, 9.17) is 18.9 Å². The molecule has 0 aliphatic heterocycles. The number of hydrogen-bond acceptors (Lipinski definition) is 13. The zero-order valence-electron chi connectivity index (χ0n) is 22.1. The van der Waals surface area contributed by atoms with E-state index in [1.807, 2.05) is 0 Å². The van der Waals surface area contributed by atoms with Crippen molar-refractivity contribution >= 4 is 29.6 Å². The molecule has 0 aliphatic rings. The Morgan fingerprint density at radius 3 is 1.49 bits per heavy atom. The van der Waals surface area contributed by atoms with Crippen molar-refractivity contribution in [2.45, 2.75) is 13.1 Å². The lowest BCUT2D eigenvalue weighted by Crippen LogP contribution is -2.36. The topological polar surface area (TPSA) is 168 Å². The second-order valence-electron chi connectivity index (χ2n) is 8.24. The Morgan fingerprint density at radius 1 is 0.718 bits per heavy atom. The van der Waals surface area contributed by atoms with Crippen LogP contribution in [0.1, 0.15) is 11.4 Å². The summed E-state index contributed by atoms with van der Waals surface area (Å²) < 4.78 is 18.9. The molecule has 0 atom stereocenters. The predicted octanol–water partition coefficient (Wildman–Crippen LogP) is 0.953. The number of hydrogen-bond donors (Lipinski definition) is 0. The lowest BCUT2D eigenvalue weighted by molar-refractivity contribution is -0.384. The van der Waals surface area contributed by atoms with Gasteiger partial charge in [-0.2, -0.15) is 0 Å². The number of rotatable bonds is 14. The van der Waals surface area contributed by atoms with Gasteiger partial charge in [-0.3, -0.25) is 44.1 Å². The third kappa shape index (κ3) is 10.1. The van der Waals surface area contributed by atoms with Gasteiger partial charge in [0, 0.05) is 25.2 Å². The molecule has 0 aliphatic carbocycles. The normalized spacial score (nSPS) is 10.7. The lowest BCUT2D eigenvalue weighted by atomic mass is 10.0. The molecule has 0 amide bonds. The summed E-state index contributed by atoms with van der Waals surface area (Å²) in [6, 6.07) is 9.29. The standard InChI is InChI=1S/C25H30N4O10/c1-36-22(30)13-27(14-23(31)37-2)11-19-8-18(17-6-5-7-21(10-17)29(34)35)9-20(26-19)12-28(15-24(32)38-3)16-25(33)39-4/h5-10H,11-16H2,1-4H3. The first-order valence-corrected chi connectivity index (χ1v) is 11.5. The van der Waals surface area contributed by atoms with Gasteiger partial charge in [-0.05, 0) is 23.3 Å². The van der Waals surface area contributed by atoms with Gasteiger partial charge in [0.05, 0.1) is 70.9 Å². The van der Waals surface area contributed by atoms with Gasteiger partial charge in [-0.25, -0.2) is 0 Å². The van der Waals surface area contributed by atoms with Gasteiger partial charge < -0.3 is 18.9 Å². The quantitative estimate of drug-likeness (QED) is 0.142. The average Bonchev–Trinajstić information content (AvgIpc) is 2.92. The van der Waals surface area contributed by atoms with E-state index in [9.17, 15) is 29.3 Å². The molecule has 1 aromatic heterocycles. The zero-order chi connectivity index (χ0) is 28.9. The van der Waals surface area contributed by atoms with Gasteiger partial charge >= 0.3 is 23.9 Å². The summed E-state index contributed by atoms with van der Waals surface area (Å²) in [4.78, 5) is 66.2. The van der Waals surface area contributed by atoms with Gasteiger partial charge in [-0.15, -0.1) is 0 Å². The van der Waals surface area contributed by atoms with Crippen molar-refractivity contribution in [1.29, 1.82) is 0 Å². The highest BCUT2D eigenvalue weighted by Gasteiger charge is 2.20. The molecule has 0 bridgehead atoms. The van der Waals surface area contributed by atoms with E-state index in [0.29, 0.717) is 22.5 Å². The summed E-state index contributed by atoms with van der Waals surface area (Å²) in [6.45, 7) is -0.927. The molecule has 0 N–H and O–H groups in total. The number of esters is 4. The van der Waals surface area contributed by atoms with Crippen LogP contribution in [0.5, 0.6) is 0 Å². The summed E-state index contributed by atoms with van der Waals surface area (Å²) in [7, 11) is 4.87. The van der Waals surface area contributed by atoms with Gasteiger partial charge in [0.1, 0.15) is 0 Å². The van der Waals surface area contributed by atoms with E-state index >= 15 is 0 Å². The summed E-state index contributed by atoms with van der Waals surface area (Å²) in [5.41, 5.74) is 1.74. The van der Waals surface area contributed by atoms with Crippen molar-refractivity contribution in [3.8, 4) is 11.1 Å². The van der Waals surface area contributed by atoms with E-state index in [1.165, 1.54) is 56.4 Å². The summed E-state index contributed by atoms with van der Waals surface area (Å²) in [5, 5.41) is 11.3. The van der Waals surface area contributed by atoms with Crippen molar-refractivity contribution in [3.05, 3.63) is 57.9 Å². The third-order valence-corrected chi connectivity index (χ3v) is 5.41. The van der Waals surface area contributed by atoms with Crippen LogP contribution in [0.15, 0.2) is 36.4 Å². The van der Waals surface area contributed by atoms with Crippen molar-refractivity contribution in [2.75, 3.05) is 54.6 Å². The predicted molar refractivity (Wildman–Crippen MR) is 135 cm³/mol. The largest absolute Gasteiger partial charge is 0.468 e. The highest BCUT2D eigenvalue weighted by Crippen LogP contribution is 2.26. The number of nitro groups is 1. The van der Waals surface area contributed by atoms with Gasteiger partial charge in [0.15, 0.2) is 0 Å². The Kier molecular flexibility index (Phi) is 11.9. The summed E-state index contributed by atoms with van der Waals surface area (Å²) in [5.74, 6) is -2.35. The molecule has 0 saturated heterocycles. The molecule has 1 aromatic carbocycles. The van der Waals surface area contributed by atoms with Crippen LogP contribution in [0.25, 0.3) is 11.1 Å². The maximum atomic E-state index is 12.0. The molecule has 210 valence electrons. The van der Waals surface area contributed by atoms with Crippen molar-refractivity contribution < 1.29 is 43.0 Å². The molecule has 0 fully saturated rings. The molecule has 39 heavy (non-hydrogen) atoms. The van der Waals surface area contributed by atoms with Crippen LogP contribution in [0.2, 0.25) is 0 Å². The molecule has 0 spiro atoms. The number of ether oxygens (including phenoxy) is 4. The van der Waals surface area contributed by atoms with E-state index in [0.717, 1.165) is 0 Å². The Labute approximate surface area is 224 Å². The van der Waals surface area contributed by atoms with Gasteiger partial charge in [-0.1, -0.05) is 12.1 Å². The number of carbonyl (C=O) groups excluding carboxylic acids is 4. The van der Waals surface area contributed by atoms with Crippen molar-refractivity contribution in [1.82, 2.24) is 14.8 Å². The van der Waals surface area contributed by atoms with E-state index < -0.39 is 28.8 Å². The molecule has 0 unspecified atom stereocenters. The minimum Gasteiger partial charge on any atom is -0.468 e. The molecule has 2 rings (SSSR count). The van der Waals surface area contributed by atoms with Crippen LogP contribution >= 0.6 is 0 Å².